The summed E-state index contributed by atoms with van der Waals surface area (Å²) in [6.07, 6.45) is 6.26. The van der Waals surface area contributed by atoms with Gasteiger partial charge in [-0.15, -0.1) is 0 Å². The molecule has 98 valence electrons. The van der Waals surface area contributed by atoms with Crippen molar-refractivity contribution < 1.29 is 9.53 Å². The Morgan fingerprint density at radius 2 is 2.12 bits per heavy atom. The van der Waals surface area contributed by atoms with Crippen molar-refractivity contribution in [1.29, 1.82) is 0 Å². The molecule has 1 aliphatic carbocycles. The van der Waals surface area contributed by atoms with Crippen LogP contribution in [-0.4, -0.2) is 42.1 Å². The molecule has 1 atom stereocenters. The van der Waals surface area contributed by atoms with Gasteiger partial charge in [0, 0.05) is 19.7 Å². The number of amides is 1. The number of carbonyl (C=O) groups is 1. The highest BCUT2D eigenvalue weighted by Crippen LogP contribution is 2.29. The van der Waals surface area contributed by atoms with Crippen molar-refractivity contribution in [3.63, 3.8) is 0 Å². The van der Waals surface area contributed by atoms with E-state index in [1.165, 1.54) is 0 Å². The minimum Gasteiger partial charge on any atom is -0.376 e. The lowest BCUT2D eigenvalue weighted by molar-refractivity contribution is -0.138. The molecule has 2 N–H and O–H groups in total. The van der Waals surface area contributed by atoms with Gasteiger partial charge in [0.1, 0.15) is 0 Å². The fraction of sp³-hybridized carbons (Fsp3) is 0.923. The van der Waals surface area contributed by atoms with Gasteiger partial charge >= 0.3 is 0 Å². The number of hydrogen-bond acceptors (Lipinski definition) is 3. The molecule has 1 aliphatic heterocycles. The van der Waals surface area contributed by atoms with Gasteiger partial charge in [-0.1, -0.05) is 12.8 Å². The molecular formula is C13H24N2O2. The number of rotatable bonds is 4. The normalized spacial score (nSPS) is 27.3. The van der Waals surface area contributed by atoms with Crippen molar-refractivity contribution in [2.24, 2.45) is 5.73 Å². The molecule has 0 radical (unpaired) electrons. The predicted octanol–water partition coefficient (Wildman–Crippen LogP) is 1.29. The van der Waals surface area contributed by atoms with Crippen LogP contribution in [0.3, 0.4) is 0 Å². The molecule has 2 rings (SSSR count). The highest BCUT2D eigenvalue weighted by atomic mass is 16.5. The van der Waals surface area contributed by atoms with E-state index in [1.54, 1.807) is 0 Å². The predicted molar refractivity (Wildman–Crippen MR) is 66.6 cm³/mol. The number of ether oxygens (including phenoxy) is 1. The number of carbonyl (C=O) groups excluding carboxylic acids is 1. The molecule has 4 heteroatoms. The zero-order chi connectivity index (χ0) is 12.3. The SMILES string of the molecule is CCN(CC1CCCO1)C(=O)C1(N)CCCC1. The summed E-state index contributed by atoms with van der Waals surface area (Å²) in [6, 6.07) is 0. The third kappa shape index (κ3) is 2.80. The largest absolute Gasteiger partial charge is 0.376 e. The molecule has 1 amide bonds. The van der Waals surface area contributed by atoms with Gasteiger partial charge < -0.3 is 15.4 Å². The number of likely N-dealkylation sites (N-methyl/N-ethyl adjacent to an activating group) is 1. The Balaban J connectivity index is 1.94. The molecule has 1 heterocycles. The monoisotopic (exact) mass is 240 g/mol. The van der Waals surface area contributed by atoms with E-state index < -0.39 is 5.54 Å². The molecule has 17 heavy (non-hydrogen) atoms. The molecule has 0 spiro atoms. The van der Waals surface area contributed by atoms with Crippen LogP contribution < -0.4 is 5.73 Å². The molecule has 0 aromatic heterocycles. The molecule has 0 aromatic carbocycles. The molecule has 2 aliphatic rings. The summed E-state index contributed by atoms with van der Waals surface area (Å²) in [5, 5.41) is 0. The van der Waals surface area contributed by atoms with Gasteiger partial charge in [-0.25, -0.2) is 0 Å². The molecule has 1 unspecified atom stereocenters. The molecular weight excluding hydrogens is 216 g/mol. The first-order valence-corrected chi connectivity index (χ1v) is 6.85. The standard InChI is InChI=1S/C13H24N2O2/c1-2-15(10-11-6-5-9-17-11)12(16)13(14)7-3-4-8-13/h11H,2-10,14H2,1H3. The van der Waals surface area contributed by atoms with E-state index >= 15 is 0 Å². The topological polar surface area (TPSA) is 55.6 Å². The first kappa shape index (κ1) is 12.8. The zero-order valence-corrected chi connectivity index (χ0v) is 10.8. The average molecular weight is 240 g/mol. The van der Waals surface area contributed by atoms with Gasteiger partial charge in [0.15, 0.2) is 0 Å². The maximum absolute atomic E-state index is 12.4. The molecule has 1 saturated carbocycles. The minimum absolute atomic E-state index is 0.132. The Morgan fingerprint density at radius 1 is 1.41 bits per heavy atom. The second-order valence-corrected chi connectivity index (χ2v) is 5.34. The number of nitrogens with two attached hydrogens (primary N) is 1. The smallest absolute Gasteiger partial charge is 0.242 e. The van der Waals surface area contributed by atoms with Gasteiger partial charge in [0.2, 0.25) is 5.91 Å². The quantitative estimate of drug-likeness (QED) is 0.805. The minimum atomic E-state index is -0.589. The first-order chi connectivity index (χ1) is 8.15. The third-order valence-corrected chi connectivity index (χ3v) is 4.04. The fourth-order valence-corrected chi connectivity index (χ4v) is 2.92. The Hall–Kier alpha value is -0.610. The Labute approximate surface area is 103 Å². The Morgan fingerprint density at radius 3 is 2.65 bits per heavy atom. The fourth-order valence-electron chi connectivity index (χ4n) is 2.92. The van der Waals surface area contributed by atoms with Crippen LogP contribution in [0.1, 0.15) is 45.4 Å². The van der Waals surface area contributed by atoms with Crippen LogP contribution in [0.4, 0.5) is 0 Å². The molecule has 4 nitrogen and oxygen atoms in total. The zero-order valence-electron chi connectivity index (χ0n) is 10.8. The van der Waals surface area contributed by atoms with Gasteiger partial charge in [-0.3, -0.25) is 4.79 Å². The number of nitrogens with zero attached hydrogens (tertiary/aromatic N) is 1. The molecule has 0 aromatic rings. The van der Waals surface area contributed by atoms with Crippen LogP contribution in [0.5, 0.6) is 0 Å². The van der Waals surface area contributed by atoms with Crippen LogP contribution >= 0.6 is 0 Å². The second-order valence-electron chi connectivity index (χ2n) is 5.34. The van der Waals surface area contributed by atoms with Crippen molar-refractivity contribution in [3.8, 4) is 0 Å². The van der Waals surface area contributed by atoms with Crippen molar-refractivity contribution in [3.05, 3.63) is 0 Å². The van der Waals surface area contributed by atoms with Gasteiger partial charge in [0.25, 0.3) is 0 Å². The van der Waals surface area contributed by atoms with E-state index in [-0.39, 0.29) is 12.0 Å². The van der Waals surface area contributed by atoms with E-state index in [0.717, 1.165) is 51.7 Å². The highest BCUT2D eigenvalue weighted by Gasteiger charge is 2.40. The summed E-state index contributed by atoms with van der Waals surface area (Å²) >= 11 is 0. The Kier molecular flexibility index (Phi) is 4.05. The van der Waals surface area contributed by atoms with Crippen molar-refractivity contribution in [1.82, 2.24) is 4.90 Å². The maximum atomic E-state index is 12.4. The summed E-state index contributed by atoms with van der Waals surface area (Å²) in [6.45, 7) is 4.31. The molecule has 2 fully saturated rings. The summed E-state index contributed by atoms with van der Waals surface area (Å²) in [5.74, 6) is 0.132. The van der Waals surface area contributed by atoms with Gasteiger partial charge in [-0.2, -0.15) is 0 Å². The van der Waals surface area contributed by atoms with Crippen LogP contribution in [0.2, 0.25) is 0 Å². The summed E-state index contributed by atoms with van der Waals surface area (Å²) in [5.41, 5.74) is 5.63. The molecule has 0 bridgehead atoms. The van der Waals surface area contributed by atoms with Crippen LogP contribution in [-0.2, 0) is 9.53 Å². The van der Waals surface area contributed by atoms with E-state index in [1.807, 2.05) is 11.8 Å². The van der Waals surface area contributed by atoms with Gasteiger partial charge in [-0.05, 0) is 32.6 Å². The summed E-state index contributed by atoms with van der Waals surface area (Å²) in [4.78, 5) is 14.3. The van der Waals surface area contributed by atoms with Crippen LogP contribution in [0.25, 0.3) is 0 Å². The Bertz CT molecular complexity index is 269. The number of hydrogen-bond donors (Lipinski definition) is 1. The van der Waals surface area contributed by atoms with Crippen LogP contribution in [0.15, 0.2) is 0 Å². The van der Waals surface area contributed by atoms with E-state index in [2.05, 4.69) is 0 Å². The molecule has 1 saturated heterocycles. The van der Waals surface area contributed by atoms with E-state index in [0.29, 0.717) is 6.54 Å². The lowest BCUT2D eigenvalue weighted by Crippen LogP contribution is -2.54. The van der Waals surface area contributed by atoms with Crippen molar-refractivity contribution >= 4 is 5.91 Å². The van der Waals surface area contributed by atoms with Crippen molar-refractivity contribution in [2.75, 3.05) is 19.7 Å². The lowest BCUT2D eigenvalue weighted by Gasteiger charge is -2.32. The maximum Gasteiger partial charge on any atom is 0.242 e. The van der Waals surface area contributed by atoms with E-state index in [4.69, 9.17) is 10.5 Å². The highest BCUT2D eigenvalue weighted by molar-refractivity contribution is 5.86. The van der Waals surface area contributed by atoms with Gasteiger partial charge in [0.05, 0.1) is 11.6 Å². The third-order valence-electron chi connectivity index (χ3n) is 4.04. The second kappa shape index (κ2) is 5.36. The van der Waals surface area contributed by atoms with Crippen molar-refractivity contribution in [2.45, 2.75) is 57.1 Å². The average Bonchev–Trinajstić information content (AvgIpc) is 2.97. The summed E-state index contributed by atoms with van der Waals surface area (Å²) < 4.78 is 5.60. The van der Waals surface area contributed by atoms with E-state index in [9.17, 15) is 4.79 Å². The first-order valence-electron chi connectivity index (χ1n) is 6.85. The summed E-state index contributed by atoms with van der Waals surface area (Å²) in [7, 11) is 0. The van der Waals surface area contributed by atoms with Crippen LogP contribution in [0, 0.1) is 0 Å². The lowest BCUT2D eigenvalue weighted by atomic mass is 9.97.